The Balaban J connectivity index is 1.55. The Morgan fingerprint density at radius 2 is 1.83 bits per heavy atom. The first-order valence-corrected chi connectivity index (χ1v) is 9.27. The van der Waals surface area contributed by atoms with E-state index in [1.807, 2.05) is 24.3 Å². The lowest BCUT2D eigenvalue weighted by molar-refractivity contribution is -0.117. The van der Waals surface area contributed by atoms with E-state index < -0.39 is 0 Å². The molecule has 1 amide bonds. The van der Waals surface area contributed by atoms with E-state index in [2.05, 4.69) is 10.1 Å². The molecule has 8 nitrogen and oxygen atoms in total. The van der Waals surface area contributed by atoms with Gasteiger partial charge in [0, 0.05) is 43.3 Å². The van der Waals surface area contributed by atoms with Crippen LogP contribution in [0.3, 0.4) is 0 Å². The summed E-state index contributed by atoms with van der Waals surface area (Å²) in [7, 11) is 3.15. The second-order valence-corrected chi connectivity index (χ2v) is 6.83. The lowest BCUT2D eigenvalue weighted by Gasteiger charge is -2.18. The van der Waals surface area contributed by atoms with Gasteiger partial charge in [-0.3, -0.25) is 4.79 Å². The molecule has 2 N–H and O–H groups in total. The van der Waals surface area contributed by atoms with Crippen molar-refractivity contribution in [1.29, 1.82) is 0 Å². The molecular formula is C21H22N4O4. The van der Waals surface area contributed by atoms with Crippen molar-refractivity contribution in [3.05, 3.63) is 53.9 Å². The van der Waals surface area contributed by atoms with Gasteiger partial charge < -0.3 is 24.6 Å². The van der Waals surface area contributed by atoms with Crippen LogP contribution in [0.5, 0.6) is 11.5 Å². The fraction of sp³-hybridized carbons (Fsp3) is 0.286. The molecule has 1 unspecified atom stereocenters. The first-order chi connectivity index (χ1) is 14.1. The van der Waals surface area contributed by atoms with Crippen LogP contribution in [0.2, 0.25) is 0 Å². The van der Waals surface area contributed by atoms with E-state index in [1.165, 1.54) is 0 Å². The fourth-order valence-corrected chi connectivity index (χ4v) is 3.38. The zero-order chi connectivity index (χ0) is 20.4. The highest BCUT2D eigenvalue weighted by molar-refractivity contribution is 5.96. The maximum Gasteiger partial charge on any atom is 0.232 e. The maximum absolute atomic E-state index is 12.6. The Labute approximate surface area is 168 Å². The average molecular weight is 394 g/mol. The number of methoxy groups -OCH3 is 2. The van der Waals surface area contributed by atoms with Crippen LogP contribution in [-0.4, -0.2) is 36.8 Å². The van der Waals surface area contributed by atoms with Crippen LogP contribution in [0.4, 0.5) is 5.69 Å². The summed E-state index contributed by atoms with van der Waals surface area (Å²) in [5.74, 6) is 2.00. The van der Waals surface area contributed by atoms with Crippen LogP contribution in [0, 0.1) is 0 Å². The van der Waals surface area contributed by atoms with Gasteiger partial charge in [-0.1, -0.05) is 29.4 Å². The molecule has 1 aliphatic heterocycles. The maximum atomic E-state index is 12.6. The van der Waals surface area contributed by atoms with Gasteiger partial charge in [-0.05, 0) is 5.56 Å². The molecule has 1 aliphatic rings. The summed E-state index contributed by atoms with van der Waals surface area (Å²) in [6, 6.07) is 13.1. The van der Waals surface area contributed by atoms with E-state index in [1.54, 1.807) is 37.3 Å². The number of hydrogen-bond acceptors (Lipinski definition) is 7. The molecule has 8 heteroatoms. The van der Waals surface area contributed by atoms with Crippen LogP contribution in [0.15, 0.2) is 47.0 Å². The highest BCUT2D eigenvalue weighted by Gasteiger charge is 2.35. The monoisotopic (exact) mass is 394 g/mol. The molecule has 0 radical (unpaired) electrons. The van der Waals surface area contributed by atoms with Crippen molar-refractivity contribution in [2.45, 2.75) is 18.9 Å². The minimum atomic E-state index is -0.177. The summed E-state index contributed by atoms with van der Waals surface area (Å²) in [4.78, 5) is 18.8. The predicted octanol–water partition coefficient (Wildman–Crippen LogP) is 2.73. The predicted molar refractivity (Wildman–Crippen MR) is 107 cm³/mol. The third-order valence-electron chi connectivity index (χ3n) is 5.01. The Bertz CT molecular complexity index is 994. The van der Waals surface area contributed by atoms with Crippen LogP contribution in [-0.2, 0) is 11.3 Å². The molecule has 3 aromatic rings. The third-order valence-corrected chi connectivity index (χ3v) is 5.01. The van der Waals surface area contributed by atoms with Crippen molar-refractivity contribution in [2.24, 2.45) is 5.73 Å². The zero-order valence-corrected chi connectivity index (χ0v) is 16.3. The highest BCUT2D eigenvalue weighted by atomic mass is 16.5. The van der Waals surface area contributed by atoms with E-state index in [9.17, 15) is 4.79 Å². The van der Waals surface area contributed by atoms with Crippen molar-refractivity contribution in [1.82, 2.24) is 10.1 Å². The standard InChI is InChI=1S/C21H22N4O4/c1-27-17-8-16(9-18(10-17)28-2)25-12-15(7-19(25)26)21-23-20(24-29-21)14-5-3-13(11-22)4-6-14/h3-6,8-10,15H,7,11-12,22H2,1-2H3. The van der Waals surface area contributed by atoms with Crippen molar-refractivity contribution >= 4 is 11.6 Å². The number of nitrogens with two attached hydrogens (primary N) is 1. The summed E-state index contributed by atoms with van der Waals surface area (Å²) in [5, 5.41) is 4.08. The van der Waals surface area contributed by atoms with Crippen LogP contribution < -0.4 is 20.1 Å². The van der Waals surface area contributed by atoms with E-state index in [-0.39, 0.29) is 11.8 Å². The number of nitrogens with zero attached hydrogens (tertiary/aromatic N) is 3. The summed E-state index contributed by atoms with van der Waals surface area (Å²) < 4.78 is 16.1. The van der Waals surface area contributed by atoms with Gasteiger partial charge in [0.1, 0.15) is 11.5 Å². The minimum absolute atomic E-state index is 0.0163. The molecule has 2 aromatic carbocycles. The van der Waals surface area contributed by atoms with Crippen LogP contribution in [0.25, 0.3) is 11.4 Å². The quantitative estimate of drug-likeness (QED) is 0.685. The lowest BCUT2D eigenvalue weighted by atomic mass is 10.1. The summed E-state index contributed by atoms with van der Waals surface area (Å²) in [5.41, 5.74) is 8.22. The third kappa shape index (κ3) is 3.79. The van der Waals surface area contributed by atoms with Gasteiger partial charge >= 0.3 is 0 Å². The Morgan fingerprint density at radius 1 is 1.14 bits per heavy atom. The minimum Gasteiger partial charge on any atom is -0.497 e. The van der Waals surface area contributed by atoms with Gasteiger partial charge in [0.05, 0.1) is 25.8 Å². The number of carbonyl (C=O) groups excluding carboxylic acids is 1. The Kier molecular flexibility index (Phi) is 5.18. The number of rotatable bonds is 6. The van der Waals surface area contributed by atoms with Crippen molar-refractivity contribution in [2.75, 3.05) is 25.7 Å². The number of ether oxygens (including phenoxy) is 2. The number of amides is 1. The first-order valence-electron chi connectivity index (χ1n) is 9.27. The molecule has 29 heavy (non-hydrogen) atoms. The van der Waals surface area contributed by atoms with Crippen LogP contribution >= 0.6 is 0 Å². The van der Waals surface area contributed by atoms with E-state index in [0.717, 1.165) is 11.1 Å². The van der Waals surface area contributed by atoms with Gasteiger partial charge in [-0.25, -0.2) is 0 Å². The van der Waals surface area contributed by atoms with Crippen molar-refractivity contribution in [3.8, 4) is 22.9 Å². The van der Waals surface area contributed by atoms with Crippen molar-refractivity contribution in [3.63, 3.8) is 0 Å². The average Bonchev–Trinajstić information content (AvgIpc) is 3.40. The van der Waals surface area contributed by atoms with Crippen LogP contribution in [0.1, 0.15) is 23.8 Å². The number of benzene rings is 2. The molecule has 0 spiro atoms. The van der Waals surface area contributed by atoms with E-state index >= 15 is 0 Å². The molecule has 2 heterocycles. The molecule has 4 rings (SSSR count). The number of carbonyl (C=O) groups is 1. The van der Waals surface area contributed by atoms with Crippen molar-refractivity contribution < 1.29 is 18.8 Å². The van der Waals surface area contributed by atoms with E-state index in [0.29, 0.717) is 48.4 Å². The number of anilines is 1. The summed E-state index contributed by atoms with van der Waals surface area (Å²) in [6.45, 7) is 0.926. The molecular weight excluding hydrogens is 372 g/mol. The molecule has 150 valence electrons. The topological polar surface area (TPSA) is 104 Å². The van der Waals surface area contributed by atoms with Gasteiger partial charge in [0.2, 0.25) is 17.6 Å². The smallest absolute Gasteiger partial charge is 0.232 e. The molecule has 1 aromatic heterocycles. The normalized spacial score (nSPS) is 16.3. The largest absolute Gasteiger partial charge is 0.497 e. The summed E-state index contributed by atoms with van der Waals surface area (Å²) >= 11 is 0. The Hall–Kier alpha value is -3.39. The molecule has 0 saturated carbocycles. The zero-order valence-electron chi connectivity index (χ0n) is 16.3. The highest BCUT2D eigenvalue weighted by Crippen LogP contribution is 2.35. The van der Waals surface area contributed by atoms with Gasteiger partial charge in [-0.2, -0.15) is 4.98 Å². The number of aromatic nitrogens is 2. The Morgan fingerprint density at radius 3 is 2.45 bits per heavy atom. The van der Waals surface area contributed by atoms with Gasteiger partial charge in [0.25, 0.3) is 0 Å². The summed E-state index contributed by atoms with van der Waals surface area (Å²) in [6.07, 6.45) is 0.299. The molecule has 0 aliphatic carbocycles. The fourth-order valence-electron chi connectivity index (χ4n) is 3.38. The van der Waals surface area contributed by atoms with E-state index in [4.69, 9.17) is 19.7 Å². The SMILES string of the molecule is COc1cc(OC)cc(N2CC(c3nc(-c4ccc(CN)cc4)no3)CC2=O)c1. The van der Waals surface area contributed by atoms with Gasteiger partial charge in [-0.15, -0.1) is 0 Å². The molecule has 1 atom stereocenters. The molecule has 1 saturated heterocycles. The number of hydrogen-bond donors (Lipinski definition) is 1. The molecule has 1 fully saturated rings. The second-order valence-electron chi connectivity index (χ2n) is 6.83. The first kappa shape index (κ1) is 18.9. The molecule has 0 bridgehead atoms. The lowest BCUT2D eigenvalue weighted by Crippen LogP contribution is -2.24. The second kappa shape index (κ2) is 7.92. The van der Waals surface area contributed by atoms with Gasteiger partial charge in [0.15, 0.2) is 0 Å².